The van der Waals surface area contributed by atoms with Crippen LogP contribution in [-0.2, 0) is 9.53 Å². The number of halogens is 3. The minimum Gasteiger partial charge on any atom is -0.466 e. The highest BCUT2D eigenvalue weighted by Gasteiger charge is 2.32. The predicted octanol–water partition coefficient (Wildman–Crippen LogP) is 2.18. The summed E-state index contributed by atoms with van der Waals surface area (Å²) in [6.07, 6.45) is -0.572. The summed E-state index contributed by atoms with van der Waals surface area (Å²) in [7, 11) is 0. The van der Waals surface area contributed by atoms with Crippen molar-refractivity contribution in [3.05, 3.63) is 0 Å². The summed E-state index contributed by atoms with van der Waals surface area (Å²) in [6, 6.07) is 0. The summed E-state index contributed by atoms with van der Waals surface area (Å²) in [5, 5.41) is 0. The van der Waals surface area contributed by atoms with Gasteiger partial charge >= 0.3 is 12.9 Å². The van der Waals surface area contributed by atoms with Crippen LogP contribution in [0.25, 0.3) is 0 Å². The van der Waals surface area contributed by atoms with Crippen LogP contribution in [0.1, 0.15) is 20.3 Å². The van der Waals surface area contributed by atoms with Crippen molar-refractivity contribution in [1.82, 2.24) is 0 Å². The highest BCUT2D eigenvalue weighted by molar-refractivity contribution is 6.60. The Labute approximate surface area is 69.1 Å². The summed E-state index contributed by atoms with van der Waals surface area (Å²) in [5.74, 6) is -2.35. The molecular weight excluding hydrogens is 172 g/mol. The van der Waals surface area contributed by atoms with Gasteiger partial charge < -0.3 is 17.7 Å². The molecule has 0 aliphatic carbocycles. The molecule has 0 heterocycles. The minimum atomic E-state index is -4.92. The molecular formula is C6H11BF3O2-. The first kappa shape index (κ1) is 11.3. The fourth-order valence-corrected chi connectivity index (χ4v) is 0.616. The first-order valence-electron chi connectivity index (χ1n) is 3.73. The van der Waals surface area contributed by atoms with Crippen molar-refractivity contribution in [2.24, 2.45) is 0 Å². The highest BCUT2D eigenvalue weighted by Crippen LogP contribution is 2.28. The number of hydrogen-bond acceptors (Lipinski definition) is 2. The maximum absolute atomic E-state index is 11.9. The number of esters is 1. The lowest BCUT2D eigenvalue weighted by atomic mass is 9.72. The van der Waals surface area contributed by atoms with E-state index in [1.54, 1.807) is 6.92 Å². The second-order valence-corrected chi connectivity index (χ2v) is 2.61. The lowest BCUT2D eigenvalue weighted by Crippen LogP contribution is -2.24. The molecule has 0 aliphatic heterocycles. The normalized spacial score (nSPS) is 14.1. The molecule has 0 rings (SSSR count). The van der Waals surface area contributed by atoms with Gasteiger partial charge in [0.1, 0.15) is 0 Å². The molecule has 0 radical (unpaired) electrons. The molecule has 0 bridgehead atoms. The summed E-state index contributed by atoms with van der Waals surface area (Å²) in [6.45, 7) is -2.25. The maximum atomic E-state index is 11.9. The molecule has 72 valence electrons. The van der Waals surface area contributed by atoms with Gasteiger partial charge in [-0.1, -0.05) is 12.7 Å². The third-order valence-corrected chi connectivity index (χ3v) is 1.44. The van der Waals surface area contributed by atoms with Crippen LogP contribution in [0.5, 0.6) is 0 Å². The fraction of sp³-hybridized carbons (Fsp3) is 0.833. The van der Waals surface area contributed by atoms with Crippen LogP contribution in [0.3, 0.4) is 0 Å². The number of carbonyl (C=O) groups excluding carboxylic acids is 1. The van der Waals surface area contributed by atoms with Gasteiger partial charge in [-0.2, -0.15) is 0 Å². The van der Waals surface area contributed by atoms with Crippen molar-refractivity contribution in [3.63, 3.8) is 0 Å². The zero-order valence-corrected chi connectivity index (χ0v) is 7.02. The van der Waals surface area contributed by atoms with Gasteiger partial charge in [0, 0.05) is 6.42 Å². The van der Waals surface area contributed by atoms with E-state index in [1.165, 1.54) is 0 Å². The van der Waals surface area contributed by atoms with Crippen LogP contribution >= 0.6 is 0 Å². The van der Waals surface area contributed by atoms with Crippen LogP contribution in [0.15, 0.2) is 0 Å². The zero-order valence-electron chi connectivity index (χ0n) is 7.02. The van der Waals surface area contributed by atoms with Gasteiger partial charge in [0.25, 0.3) is 0 Å². The van der Waals surface area contributed by atoms with Gasteiger partial charge in [-0.25, -0.2) is 0 Å². The second kappa shape index (κ2) is 4.38. The second-order valence-electron chi connectivity index (χ2n) is 2.61. The standard InChI is InChI=1S/C6H11BF3O2/c1-3-12-6(11)4-5(2)7(8,9)10/h5H,3-4H2,1-2H3/q-1. The van der Waals surface area contributed by atoms with Gasteiger partial charge in [-0.3, -0.25) is 4.79 Å². The van der Waals surface area contributed by atoms with Crippen molar-refractivity contribution in [2.45, 2.75) is 26.1 Å². The van der Waals surface area contributed by atoms with Crippen molar-refractivity contribution >= 4 is 12.9 Å². The quantitative estimate of drug-likeness (QED) is 0.493. The number of hydrogen-bond donors (Lipinski definition) is 0. The Balaban J connectivity index is 3.84. The topological polar surface area (TPSA) is 26.3 Å². The lowest BCUT2D eigenvalue weighted by Gasteiger charge is -2.21. The molecule has 1 unspecified atom stereocenters. The van der Waals surface area contributed by atoms with Crippen molar-refractivity contribution < 1.29 is 22.5 Å². The zero-order chi connectivity index (χ0) is 9.78. The Kier molecular flexibility index (Phi) is 4.13. The van der Waals surface area contributed by atoms with E-state index >= 15 is 0 Å². The molecule has 2 nitrogen and oxygen atoms in total. The Morgan fingerprint density at radius 3 is 2.33 bits per heavy atom. The molecule has 12 heavy (non-hydrogen) atoms. The monoisotopic (exact) mass is 183 g/mol. The van der Waals surface area contributed by atoms with E-state index in [1.807, 2.05) is 0 Å². The Bertz CT molecular complexity index is 157. The largest absolute Gasteiger partial charge is 0.481 e. The summed E-state index contributed by atoms with van der Waals surface area (Å²) < 4.78 is 40.1. The molecule has 0 spiro atoms. The van der Waals surface area contributed by atoms with Crippen molar-refractivity contribution in [3.8, 4) is 0 Å². The number of ether oxygens (including phenoxy) is 1. The average Bonchev–Trinajstić information content (AvgIpc) is 1.85. The van der Waals surface area contributed by atoms with Gasteiger partial charge in [0.2, 0.25) is 0 Å². The van der Waals surface area contributed by atoms with E-state index in [-0.39, 0.29) is 6.61 Å². The third kappa shape index (κ3) is 4.25. The fourth-order valence-electron chi connectivity index (χ4n) is 0.616. The van der Waals surface area contributed by atoms with Gasteiger partial charge in [0.05, 0.1) is 6.61 Å². The molecule has 0 aromatic rings. The van der Waals surface area contributed by atoms with Crippen LogP contribution in [0.2, 0.25) is 5.82 Å². The van der Waals surface area contributed by atoms with Gasteiger partial charge in [0.15, 0.2) is 0 Å². The third-order valence-electron chi connectivity index (χ3n) is 1.44. The highest BCUT2D eigenvalue weighted by atomic mass is 19.4. The molecule has 0 amide bonds. The molecule has 0 aliphatic rings. The maximum Gasteiger partial charge on any atom is 0.481 e. The first-order valence-corrected chi connectivity index (χ1v) is 3.73. The Hall–Kier alpha value is -0.675. The first-order chi connectivity index (χ1) is 5.38. The molecule has 0 fully saturated rings. The summed E-state index contributed by atoms with van der Waals surface area (Å²) in [4.78, 5) is 10.6. The molecule has 0 saturated heterocycles. The van der Waals surface area contributed by atoms with Crippen LogP contribution < -0.4 is 0 Å². The Morgan fingerprint density at radius 2 is 2.00 bits per heavy atom. The van der Waals surface area contributed by atoms with E-state index in [0.717, 1.165) is 6.92 Å². The Morgan fingerprint density at radius 1 is 1.50 bits per heavy atom. The van der Waals surface area contributed by atoms with Crippen molar-refractivity contribution in [2.75, 3.05) is 6.61 Å². The van der Waals surface area contributed by atoms with E-state index in [9.17, 15) is 17.7 Å². The van der Waals surface area contributed by atoms with Crippen LogP contribution in [0.4, 0.5) is 12.9 Å². The van der Waals surface area contributed by atoms with E-state index in [0.29, 0.717) is 0 Å². The number of carbonyl (C=O) groups is 1. The SMILES string of the molecule is CCOC(=O)CC(C)[B-](F)(F)F. The van der Waals surface area contributed by atoms with Crippen LogP contribution in [-0.4, -0.2) is 19.6 Å². The smallest absolute Gasteiger partial charge is 0.466 e. The molecule has 0 saturated carbocycles. The van der Waals surface area contributed by atoms with E-state index in [2.05, 4.69) is 4.74 Å². The number of rotatable bonds is 4. The molecule has 1 atom stereocenters. The van der Waals surface area contributed by atoms with E-state index < -0.39 is 25.2 Å². The van der Waals surface area contributed by atoms with Gasteiger partial charge in [-0.05, 0) is 6.92 Å². The van der Waals surface area contributed by atoms with Gasteiger partial charge in [-0.15, -0.1) is 0 Å². The summed E-state index contributed by atoms with van der Waals surface area (Å²) in [5.41, 5.74) is 0. The summed E-state index contributed by atoms with van der Waals surface area (Å²) >= 11 is 0. The molecule has 0 aromatic carbocycles. The average molecular weight is 183 g/mol. The molecule has 6 heteroatoms. The van der Waals surface area contributed by atoms with E-state index in [4.69, 9.17) is 0 Å². The minimum absolute atomic E-state index is 0.121. The van der Waals surface area contributed by atoms with Crippen LogP contribution in [0, 0.1) is 0 Å². The van der Waals surface area contributed by atoms with Crippen molar-refractivity contribution in [1.29, 1.82) is 0 Å². The molecule has 0 N–H and O–H groups in total. The molecule has 0 aromatic heterocycles. The predicted molar refractivity (Wildman–Crippen MR) is 39.8 cm³/mol. The lowest BCUT2D eigenvalue weighted by molar-refractivity contribution is -0.143.